The third-order valence-corrected chi connectivity index (χ3v) is 10.2. The Kier molecular flexibility index (Phi) is 37.1. The molecule has 0 radical (unpaired) electrons. The Hall–Kier alpha value is -1.29. The van der Waals surface area contributed by atoms with Gasteiger partial charge in [-0.25, -0.2) is 4.57 Å². The Morgan fingerprint density at radius 1 is 0.596 bits per heavy atom. The van der Waals surface area contributed by atoms with Crippen LogP contribution in [0.25, 0.3) is 0 Å². The van der Waals surface area contributed by atoms with Crippen LogP contribution in [0.2, 0.25) is 0 Å². The average molecular weight is 762 g/mol. The third-order valence-electron chi connectivity index (χ3n) is 9.29. The summed E-state index contributed by atoms with van der Waals surface area (Å²) in [5, 5.41) is 8.88. The summed E-state index contributed by atoms with van der Waals surface area (Å²) in [6.45, 7) is 3.89. The summed E-state index contributed by atoms with van der Waals surface area (Å²) in [6, 6.07) is -1.47. The molecular formula is C41H80NO9P. The molecule has 0 fully saturated rings. The Bertz CT molecular complexity index is 888. The molecule has 0 aliphatic carbocycles. The molecule has 0 amide bonds. The standard InChI is InChI=1S/C41H80NO9P/c1-3-5-7-9-11-13-15-17-18-19-20-21-22-23-25-27-29-31-33-40(43)51-38(36-49-52(46,47)50-37-39(42)41(44)45)35-48-34-32-30-28-26-24-16-14-12-10-8-6-4-2/h18-19,38-39H,3-17,20-37,42H2,1-2H3,(H,44,45)(H,46,47)/b19-18-. The molecule has 3 atom stereocenters. The molecule has 4 N–H and O–H groups in total. The highest BCUT2D eigenvalue weighted by atomic mass is 31.2. The number of aliphatic carboxylic acids is 1. The minimum absolute atomic E-state index is 0.0206. The van der Waals surface area contributed by atoms with Gasteiger partial charge in [-0.1, -0.05) is 167 Å². The molecule has 0 aliphatic heterocycles. The maximum absolute atomic E-state index is 12.6. The summed E-state index contributed by atoms with van der Waals surface area (Å²) in [6.07, 6.45) is 38.3. The van der Waals surface area contributed by atoms with Gasteiger partial charge in [0.05, 0.1) is 19.8 Å². The van der Waals surface area contributed by atoms with Gasteiger partial charge in [-0.05, 0) is 38.5 Å². The first-order valence-electron chi connectivity index (χ1n) is 21.2. The molecule has 52 heavy (non-hydrogen) atoms. The van der Waals surface area contributed by atoms with Crippen molar-refractivity contribution in [1.29, 1.82) is 0 Å². The molecule has 0 aromatic carbocycles. The number of allylic oxidation sites excluding steroid dienone is 2. The van der Waals surface area contributed by atoms with Gasteiger partial charge in [-0.3, -0.25) is 18.6 Å². The highest BCUT2D eigenvalue weighted by Crippen LogP contribution is 2.43. The van der Waals surface area contributed by atoms with E-state index < -0.39 is 45.1 Å². The molecule has 10 nitrogen and oxygen atoms in total. The molecule has 0 aromatic heterocycles. The van der Waals surface area contributed by atoms with Crippen LogP contribution in [-0.2, 0) is 32.7 Å². The number of phosphoric acid groups is 1. The zero-order chi connectivity index (χ0) is 38.4. The Labute approximate surface area is 318 Å². The van der Waals surface area contributed by atoms with Crippen molar-refractivity contribution in [2.24, 2.45) is 5.73 Å². The van der Waals surface area contributed by atoms with Crippen LogP contribution >= 0.6 is 7.82 Å². The van der Waals surface area contributed by atoms with Crippen LogP contribution in [0.5, 0.6) is 0 Å². The smallest absolute Gasteiger partial charge is 0.472 e. The first kappa shape index (κ1) is 50.7. The van der Waals surface area contributed by atoms with Crippen molar-refractivity contribution in [3.05, 3.63) is 12.2 Å². The van der Waals surface area contributed by atoms with Gasteiger partial charge in [0.1, 0.15) is 12.1 Å². The fraction of sp³-hybridized carbons (Fsp3) is 0.902. The number of hydrogen-bond acceptors (Lipinski definition) is 8. The molecule has 0 bridgehead atoms. The van der Waals surface area contributed by atoms with Crippen molar-refractivity contribution < 1.29 is 42.7 Å². The molecule has 0 heterocycles. The lowest BCUT2D eigenvalue weighted by molar-refractivity contribution is -0.154. The minimum atomic E-state index is -4.61. The number of rotatable bonds is 41. The number of hydrogen-bond donors (Lipinski definition) is 3. The van der Waals surface area contributed by atoms with E-state index in [4.69, 9.17) is 29.4 Å². The summed E-state index contributed by atoms with van der Waals surface area (Å²) in [5.41, 5.74) is 5.35. The van der Waals surface area contributed by atoms with E-state index in [1.165, 1.54) is 128 Å². The Balaban J connectivity index is 4.21. The van der Waals surface area contributed by atoms with E-state index >= 15 is 0 Å². The van der Waals surface area contributed by atoms with Gasteiger partial charge < -0.3 is 25.2 Å². The van der Waals surface area contributed by atoms with Crippen LogP contribution in [-0.4, -0.2) is 60.5 Å². The van der Waals surface area contributed by atoms with Crippen molar-refractivity contribution >= 4 is 19.8 Å². The fourth-order valence-corrected chi connectivity index (χ4v) is 6.73. The van der Waals surface area contributed by atoms with Crippen molar-refractivity contribution in [3.8, 4) is 0 Å². The molecule has 0 spiro atoms. The lowest BCUT2D eigenvalue weighted by atomic mass is 10.1. The first-order chi connectivity index (χ1) is 25.2. The molecule has 0 saturated carbocycles. The van der Waals surface area contributed by atoms with Crippen molar-refractivity contribution in [2.45, 2.75) is 212 Å². The van der Waals surface area contributed by atoms with Gasteiger partial charge in [-0.2, -0.15) is 0 Å². The summed E-state index contributed by atoms with van der Waals surface area (Å²) in [7, 11) is -4.61. The fourth-order valence-electron chi connectivity index (χ4n) is 5.95. The molecule has 3 unspecified atom stereocenters. The number of carbonyl (C=O) groups excluding carboxylic acids is 1. The van der Waals surface area contributed by atoms with Gasteiger partial charge in [0.25, 0.3) is 0 Å². The second-order valence-electron chi connectivity index (χ2n) is 14.5. The van der Waals surface area contributed by atoms with Crippen molar-refractivity contribution in [3.63, 3.8) is 0 Å². The highest BCUT2D eigenvalue weighted by Gasteiger charge is 2.27. The van der Waals surface area contributed by atoms with E-state index in [1.807, 2.05) is 0 Å². The van der Waals surface area contributed by atoms with Crippen LogP contribution in [0, 0.1) is 0 Å². The van der Waals surface area contributed by atoms with Gasteiger partial charge in [0.2, 0.25) is 0 Å². The van der Waals surface area contributed by atoms with Gasteiger partial charge >= 0.3 is 19.8 Å². The van der Waals surface area contributed by atoms with Crippen LogP contribution < -0.4 is 5.73 Å². The second kappa shape index (κ2) is 38.0. The number of carboxylic acid groups (broad SMARTS) is 1. The monoisotopic (exact) mass is 762 g/mol. The van der Waals surface area contributed by atoms with Gasteiger partial charge in [0.15, 0.2) is 0 Å². The average Bonchev–Trinajstić information content (AvgIpc) is 3.12. The molecule has 308 valence electrons. The summed E-state index contributed by atoms with van der Waals surface area (Å²) in [5.74, 6) is -1.78. The predicted octanol–water partition coefficient (Wildman–Crippen LogP) is 11.4. The largest absolute Gasteiger partial charge is 0.480 e. The molecule has 11 heteroatoms. The number of carbonyl (C=O) groups is 2. The van der Waals surface area contributed by atoms with Crippen LogP contribution in [0.4, 0.5) is 0 Å². The van der Waals surface area contributed by atoms with E-state index in [0.29, 0.717) is 13.0 Å². The quantitative estimate of drug-likeness (QED) is 0.0237. The van der Waals surface area contributed by atoms with Gasteiger partial charge in [-0.15, -0.1) is 0 Å². The maximum Gasteiger partial charge on any atom is 0.472 e. The lowest BCUT2D eigenvalue weighted by Gasteiger charge is -2.20. The third kappa shape index (κ3) is 37.0. The number of carboxylic acids is 1. The highest BCUT2D eigenvalue weighted by molar-refractivity contribution is 7.47. The molecule has 0 rings (SSSR count). The van der Waals surface area contributed by atoms with Crippen molar-refractivity contribution in [1.82, 2.24) is 0 Å². The van der Waals surface area contributed by atoms with Crippen LogP contribution in [0.1, 0.15) is 200 Å². The van der Waals surface area contributed by atoms with E-state index in [9.17, 15) is 19.0 Å². The first-order valence-corrected chi connectivity index (χ1v) is 22.7. The predicted molar refractivity (Wildman–Crippen MR) is 212 cm³/mol. The topological polar surface area (TPSA) is 155 Å². The molecule has 0 saturated heterocycles. The van der Waals surface area contributed by atoms with Crippen molar-refractivity contribution in [2.75, 3.05) is 26.4 Å². The number of esters is 1. The summed E-state index contributed by atoms with van der Waals surface area (Å²) in [4.78, 5) is 33.5. The van der Waals surface area contributed by atoms with Crippen LogP contribution in [0.3, 0.4) is 0 Å². The van der Waals surface area contributed by atoms with Crippen LogP contribution in [0.15, 0.2) is 12.2 Å². The zero-order valence-electron chi connectivity index (χ0n) is 33.4. The zero-order valence-corrected chi connectivity index (χ0v) is 34.3. The molecule has 0 aromatic rings. The number of ether oxygens (including phenoxy) is 2. The van der Waals surface area contributed by atoms with Gasteiger partial charge in [0, 0.05) is 13.0 Å². The summed E-state index contributed by atoms with van der Waals surface area (Å²) < 4.78 is 33.3. The number of unbranched alkanes of at least 4 members (excludes halogenated alkanes) is 25. The number of nitrogens with two attached hydrogens (primary N) is 1. The molecular weight excluding hydrogens is 681 g/mol. The Morgan fingerprint density at radius 3 is 1.46 bits per heavy atom. The van der Waals surface area contributed by atoms with E-state index in [2.05, 4.69) is 26.0 Å². The second-order valence-corrected chi connectivity index (χ2v) is 15.9. The SMILES string of the molecule is CCCCCCCCC/C=C\CCCCCCCCCC(=O)OC(COCCCCCCCCCCCCCC)COP(=O)(O)OCC(N)C(=O)O. The Morgan fingerprint density at radius 2 is 1.00 bits per heavy atom. The van der Waals surface area contributed by atoms with E-state index in [1.54, 1.807) is 0 Å². The minimum Gasteiger partial charge on any atom is -0.480 e. The summed E-state index contributed by atoms with van der Waals surface area (Å²) >= 11 is 0. The van der Waals surface area contributed by atoms with E-state index in [0.717, 1.165) is 44.9 Å². The maximum atomic E-state index is 12.6. The molecule has 0 aliphatic rings. The van der Waals surface area contributed by atoms with E-state index in [-0.39, 0.29) is 13.0 Å². The lowest BCUT2D eigenvalue weighted by Crippen LogP contribution is -2.34. The number of phosphoric ester groups is 1. The normalized spacial score (nSPS) is 14.1.